The lowest BCUT2D eigenvalue weighted by Crippen LogP contribution is -2.36. The molecule has 1 aromatic carbocycles. The third-order valence-electron chi connectivity index (χ3n) is 3.50. The van der Waals surface area contributed by atoms with Gasteiger partial charge in [-0.15, -0.1) is 0 Å². The Labute approximate surface area is 107 Å². The fraction of sp³-hybridized carbons (Fsp3) is 0.400. The monoisotopic (exact) mass is 242 g/mol. The number of aliphatic imine (C=N–C) groups is 1. The lowest BCUT2D eigenvalue weighted by Gasteiger charge is -2.27. The summed E-state index contributed by atoms with van der Waals surface area (Å²) in [6.45, 7) is 3.65. The van der Waals surface area contributed by atoms with Crippen LogP contribution in [0.2, 0.25) is 0 Å². The number of para-hydroxylation sites is 1. The van der Waals surface area contributed by atoms with E-state index in [-0.39, 0.29) is 6.04 Å². The zero-order valence-corrected chi connectivity index (χ0v) is 10.7. The van der Waals surface area contributed by atoms with Crippen LogP contribution < -0.4 is 5.32 Å². The number of nitrogens with one attached hydrogen (secondary N) is 1. The topological polar surface area (TPSA) is 44.6 Å². The maximum atomic E-state index is 9.97. The van der Waals surface area contributed by atoms with E-state index in [1.54, 1.807) is 0 Å². The van der Waals surface area contributed by atoms with Crippen molar-refractivity contribution in [2.75, 3.05) is 5.32 Å². The molecular formula is C15H18N2O. The number of rotatable bonds is 2. The number of anilines is 1. The molecular weight excluding hydrogens is 224 g/mol. The van der Waals surface area contributed by atoms with Crippen LogP contribution in [0, 0.1) is 0 Å². The molecule has 2 unspecified atom stereocenters. The van der Waals surface area contributed by atoms with E-state index in [1.165, 1.54) is 11.3 Å². The van der Waals surface area contributed by atoms with Gasteiger partial charge in [-0.05, 0) is 25.5 Å². The number of fused-ring (bicyclic) bond motifs is 3. The molecule has 3 heteroatoms. The molecule has 3 nitrogen and oxygen atoms in total. The highest BCUT2D eigenvalue weighted by molar-refractivity contribution is 5.97. The van der Waals surface area contributed by atoms with E-state index >= 15 is 0 Å². The van der Waals surface area contributed by atoms with Gasteiger partial charge in [0.2, 0.25) is 0 Å². The van der Waals surface area contributed by atoms with E-state index in [0.717, 1.165) is 5.71 Å². The van der Waals surface area contributed by atoms with E-state index in [1.807, 2.05) is 26.1 Å². The third-order valence-corrected chi connectivity index (χ3v) is 3.50. The fourth-order valence-corrected chi connectivity index (χ4v) is 2.77. The van der Waals surface area contributed by atoms with Crippen LogP contribution in [0.5, 0.6) is 0 Å². The Kier molecular flexibility index (Phi) is 2.52. The van der Waals surface area contributed by atoms with Gasteiger partial charge in [-0.1, -0.05) is 24.3 Å². The third kappa shape index (κ3) is 1.95. The number of aliphatic hydroxyl groups is 1. The van der Waals surface area contributed by atoms with Crippen LogP contribution in [-0.4, -0.2) is 22.5 Å². The molecule has 2 aliphatic heterocycles. The second kappa shape index (κ2) is 3.95. The second-order valence-electron chi connectivity index (χ2n) is 5.69. The zero-order chi connectivity index (χ0) is 12.8. The van der Waals surface area contributed by atoms with Crippen molar-refractivity contribution < 1.29 is 5.11 Å². The van der Waals surface area contributed by atoms with Gasteiger partial charge in [0.15, 0.2) is 0 Å². The van der Waals surface area contributed by atoms with Gasteiger partial charge in [0.1, 0.15) is 0 Å². The average Bonchev–Trinajstić information content (AvgIpc) is 2.67. The van der Waals surface area contributed by atoms with Crippen LogP contribution >= 0.6 is 0 Å². The fourth-order valence-electron chi connectivity index (χ4n) is 2.77. The molecule has 0 spiro atoms. The molecule has 2 heterocycles. The number of hydrogen-bond donors (Lipinski definition) is 2. The number of nitrogens with zero attached hydrogens (tertiary/aromatic N) is 1. The van der Waals surface area contributed by atoms with Gasteiger partial charge in [-0.2, -0.15) is 0 Å². The first kappa shape index (κ1) is 11.5. The molecule has 2 atom stereocenters. The Morgan fingerprint density at radius 3 is 2.89 bits per heavy atom. The highest BCUT2D eigenvalue weighted by Gasteiger charge is 2.36. The van der Waals surface area contributed by atoms with Crippen LogP contribution in [0.15, 0.2) is 41.5 Å². The maximum Gasteiger partial charge on any atom is 0.0751 e. The molecule has 2 aliphatic rings. The van der Waals surface area contributed by atoms with Crippen molar-refractivity contribution in [3.05, 3.63) is 42.1 Å². The summed E-state index contributed by atoms with van der Waals surface area (Å²) in [6, 6.07) is 8.56. The summed E-state index contributed by atoms with van der Waals surface area (Å²) < 4.78 is 0. The van der Waals surface area contributed by atoms with E-state index in [4.69, 9.17) is 0 Å². The summed E-state index contributed by atoms with van der Waals surface area (Å²) in [5.74, 6) is 0.344. The SMILES string of the molecule is CC(C)(O)CC1=NC=CC2c3ccccc3NC12. The lowest BCUT2D eigenvalue weighted by atomic mass is 9.86. The molecule has 1 aromatic rings. The summed E-state index contributed by atoms with van der Waals surface area (Å²) in [5, 5.41) is 13.5. The molecule has 94 valence electrons. The van der Waals surface area contributed by atoms with Crippen LogP contribution in [-0.2, 0) is 0 Å². The van der Waals surface area contributed by atoms with E-state index in [9.17, 15) is 5.11 Å². The molecule has 3 rings (SSSR count). The quantitative estimate of drug-likeness (QED) is 0.837. The molecule has 2 N–H and O–H groups in total. The number of hydrogen-bond acceptors (Lipinski definition) is 3. The summed E-state index contributed by atoms with van der Waals surface area (Å²) in [7, 11) is 0. The first-order chi connectivity index (χ1) is 8.54. The summed E-state index contributed by atoms with van der Waals surface area (Å²) in [6.07, 6.45) is 4.60. The van der Waals surface area contributed by atoms with E-state index < -0.39 is 5.60 Å². The molecule has 18 heavy (non-hydrogen) atoms. The average molecular weight is 242 g/mol. The van der Waals surface area contributed by atoms with Gasteiger partial charge in [0.05, 0.1) is 11.6 Å². The summed E-state index contributed by atoms with van der Waals surface area (Å²) >= 11 is 0. The van der Waals surface area contributed by atoms with Crippen LogP contribution in [0.25, 0.3) is 0 Å². The molecule has 0 amide bonds. The van der Waals surface area contributed by atoms with Crippen molar-refractivity contribution in [2.24, 2.45) is 4.99 Å². The first-order valence-electron chi connectivity index (χ1n) is 6.36. The Balaban J connectivity index is 1.91. The van der Waals surface area contributed by atoms with Gasteiger partial charge >= 0.3 is 0 Å². The zero-order valence-electron chi connectivity index (χ0n) is 10.7. The van der Waals surface area contributed by atoms with Crippen molar-refractivity contribution in [3.8, 4) is 0 Å². The largest absolute Gasteiger partial charge is 0.390 e. The summed E-state index contributed by atoms with van der Waals surface area (Å²) in [5.41, 5.74) is 2.82. The predicted molar refractivity (Wildman–Crippen MR) is 74.1 cm³/mol. The van der Waals surface area contributed by atoms with Gasteiger partial charge in [-0.25, -0.2) is 0 Å². The number of benzene rings is 1. The van der Waals surface area contributed by atoms with Crippen molar-refractivity contribution in [1.82, 2.24) is 0 Å². The van der Waals surface area contributed by atoms with Crippen molar-refractivity contribution in [2.45, 2.75) is 37.8 Å². The van der Waals surface area contributed by atoms with Gasteiger partial charge in [0, 0.05) is 29.9 Å². The van der Waals surface area contributed by atoms with Crippen molar-refractivity contribution in [1.29, 1.82) is 0 Å². The maximum absolute atomic E-state index is 9.97. The standard InChI is InChI=1S/C15H18N2O/c1-15(2,18)9-13-14-11(7-8-16-13)10-5-3-4-6-12(10)17-14/h3-8,11,14,17-18H,9H2,1-2H3. The molecule has 0 aliphatic carbocycles. The van der Waals surface area contributed by atoms with Gasteiger partial charge in [0.25, 0.3) is 0 Å². The Bertz CT molecular complexity index is 526. The molecule has 0 radical (unpaired) electrons. The van der Waals surface area contributed by atoms with Crippen LogP contribution in [0.1, 0.15) is 31.7 Å². The first-order valence-corrected chi connectivity index (χ1v) is 6.36. The van der Waals surface area contributed by atoms with E-state index in [2.05, 4.69) is 34.6 Å². The lowest BCUT2D eigenvalue weighted by molar-refractivity contribution is 0.0879. The highest BCUT2D eigenvalue weighted by Crippen LogP contribution is 2.39. The molecule has 0 bridgehead atoms. The molecule has 0 aromatic heterocycles. The normalized spacial score (nSPS) is 25.2. The predicted octanol–water partition coefficient (Wildman–Crippen LogP) is 2.69. The molecule has 0 fully saturated rings. The minimum atomic E-state index is -0.717. The highest BCUT2D eigenvalue weighted by atomic mass is 16.3. The second-order valence-corrected chi connectivity index (χ2v) is 5.69. The van der Waals surface area contributed by atoms with E-state index in [0.29, 0.717) is 12.3 Å². The minimum absolute atomic E-state index is 0.193. The van der Waals surface area contributed by atoms with Gasteiger partial charge < -0.3 is 10.4 Å². The molecule has 0 saturated heterocycles. The van der Waals surface area contributed by atoms with Gasteiger partial charge in [-0.3, -0.25) is 4.99 Å². The Hall–Kier alpha value is -1.61. The Morgan fingerprint density at radius 2 is 2.11 bits per heavy atom. The van der Waals surface area contributed by atoms with Crippen LogP contribution in [0.3, 0.4) is 0 Å². The van der Waals surface area contributed by atoms with Crippen molar-refractivity contribution in [3.63, 3.8) is 0 Å². The Morgan fingerprint density at radius 1 is 1.33 bits per heavy atom. The minimum Gasteiger partial charge on any atom is -0.390 e. The smallest absolute Gasteiger partial charge is 0.0751 e. The van der Waals surface area contributed by atoms with Crippen LogP contribution in [0.4, 0.5) is 5.69 Å². The van der Waals surface area contributed by atoms with Crippen molar-refractivity contribution >= 4 is 11.4 Å². The molecule has 0 saturated carbocycles. The summed E-state index contributed by atoms with van der Waals surface area (Å²) in [4.78, 5) is 4.45.